The van der Waals surface area contributed by atoms with Gasteiger partial charge in [-0.25, -0.2) is 0 Å². The second-order valence-electron chi connectivity index (χ2n) is 1.49. The highest BCUT2D eigenvalue weighted by Crippen LogP contribution is 2.23. The van der Waals surface area contributed by atoms with Crippen molar-refractivity contribution in [1.29, 1.82) is 0 Å². The van der Waals surface area contributed by atoms with Gasteiger partial charge in [0, 0.05) is 0 Å². The van der Waals surface area contributed by atoms with E-state index in [2.05, 4.69) is 22.6 Å². The van der Waals surface area contributed by atoms with E-state index in [1.807, 2.05) is 0 Å². The van der Waals surface area contributed by atoms with Gasteiger partial charge in [0.2, 0.25) is 0 Å². The number of hydrogen-bond acceptors (Lipinski definition) is 3. The van der Waals surface area contributed by atoms with Gasteiger partial charge in [-0.3, -0.25) is 4.79 Å². The molecular formula is C5H4INOS. The molecule has 0 spiro atoms. The van der Waals surface area contributed by atoms with Crippen molar-refractivity contribution in [2.45, 2.75) is 0 Å². The van der Waals surface area contributed by atoms with Crippen molar-refractivity contribution in [2.75, 3.05) is 5.73 Å². The van der Waals surface area contributed by atoms with Gasteiger partial charge in [0.1, 0.15) is 0 Å². The zero-order valence-corrected chi connectivity index (χ0v) is 7.40. The number of carbonyl (C=O) groups excluding carboxylic acids is 1. The van der Waals surface area contributed by atoms with Crippen molar-refractivity contribution in [3.63, 3.8) is 0 Å². The van der Waals surface area contributed by atoms with E-state index in [9.17, 15) is 4.79 Å². The van der Waals surface area contributed by atoms with E-state index in [-0.39, 0.29) is 0 Å². The summed E-state index contributed by atoms with van der Waals surface area (Å²) in [6, 6.07) is 1.79. The molecule has 1 aromatic heterocycles. The Morgan fingerprint density at radius 2 is 2.44 bits per heavy atom. The summed E-state index contributed by atoms with van der Waals surface area (Å²) >= 11 is 3.54. The maximum absolute atomic E-state index is 10.2. The Labute approximate surface area is 70.2 Å². The number of carbonyl (C=O) groups is 1. The quantitative estimate of drug-likeness (QED) is 0.612. The fourth-order valence-corrected chi connectivity index (χ4v) is 2.15. The van der Waals surface area contributed by atoms with Crippen molar-refractivity contribution in [3.05, 3.63) is 13.8 Å². The van der Waals surface area contributed by atoms with Gasteiger partial charge in [0.15, 0.2) is 6.29 Å². The van der Waals surface area contributed by atoms with Crippen LogP contribution in [0.3, 0.4) is 0 Å². The van der Waals surface area contributed by atoms with E-state index in [1.165, 1.54) is 11.3 Å². The minimum atomic E-state index is 0.583. The van der Waals surface area contributed by atoms with Crippen LogP contribution in [0.5, 0.6) is 0 Å². The summed E-state index contributed by atoms with van der Waals surface area (Å²) in [4.78, 5) is 10.8. The number of hydrogen-bond donors (Lipinski definition) is 1. The van der Waals surface area contributed by atoms with Gasteiger partial charge in [-0.2, -0.15) is 0 Å². The molecule has 1 rings (SSSR count). The van der Waals surface area contributed by atoms with Crippen LogP contribution in [0.15, 0.2) is 6.07 Å². The zero-order valence-electron chi connectivity index (χ0n) is 4.43. The summed E-state index contributed by atoms with van der Waals surface area (Å²) in [7, 11) is 0. The van der Waals surface area contributed by atoms with Crippen LogP contribution < -0.4 is 5.73 Å². The van der Waals surface area contributed by atoms with Crippen molar-refractivity contribution >= 4 is 45.9 Å². The van der Waals surface area contributed by atoms with Gasteiger partial charge in [-0.05, 0) is 28.7 Å². The Balaban J connectivity index is 3.15. The lowest BCUT2D eigenvalue weighted by molar-refractivity contribution is 0.112. The van der Waals surface area contributed by atoms with Crippen LogP contribution in [0, 0.1) is 2.88 Å². The molecule has 0 aliphatic carbocycles. The zero-order chi connectivity index (χ0) is 6.85. The molecule has 0 fully saturated rings. The monoisotopic (exact) mass is 253 g/mol. The first kappa shape index (κ1) is 7.01. The van der Waals surface area contributed by atoms with E-state index in [4.69, 9.17) is 5.73 Å². The maximum Gasteiger partial charge on any atom is 0.162 e. The van der Waals surface area contributed by atoms with Gasteiger partial charge in [0.25, 0.3) is 0 Å². The Morgan fingerprint density at radius 3 is 2.67 bits per heavy atom. The average molecular weight is 253 g/mol. The molecule has 0 unspecified atom stereocenters. The van der Waals surface area contributed by atoms with Crippen molar-refractivity contribution in [1.82, 2.24) is 0 Å². The van der Waals surface area contributed by atoms with Gasteiger partial charge in [0.05, 0.1) is 13.4 Å². The number of nitrogens with two attached hydrogens (primary N) is 1. The molecule has 1 aromatic rings. The lowest BCUT2D eigenvalue weighted by Gasteiger charge is -1.80. The Morgan fingerprint density at radius 1 is 1.78 bits per heavy atom. The van der Waals surface area contributed by atoms with Crippen molar-refractivity contribution in [2.24, 2.45) is 0 Å². The molecule has 0 aliphatic rings. The van der Waals surface area contributed by atoms with Gasteiger partial charge in [-0.15, -0.1) is 11.3 Å². The van der Waals surface area contributed by atoms with Crippen LogP contribution in [0.1, 0.15) is 9.67 Å². The van der Waals surface area contributed by atoms with Crippen LogP contribution in [0.25, 0.3) is 0 Å². The van der Waals surface area contributed by atoms with Crippen LogP contribution in [0.4, 0.5) is 5.69 Å². The van der Waals surface area contributed by atoms with E-state index >= 15 is 0 Å². The standard InChI is InChI=1S/C5H4INOS/c6-5-1-3(7)4(2-8)9-5/h1-2H,7H2. The molecular weight excluding hydrogens is 249 g/mol. The highest BCUT2D eigenvalue weighted by atomic mass is 127. The largest absolute Gasteiger partial charge is 0.397 e. The minimum Gasteiger partial charge on any atom is -0.397 e. The van der Waals surface area contributed by atoms with Crippen LogP contribution in [-0.4, -0.2) is 6.29 Å². The number of rotatable bonds is 1. The molecule has 9 heavy (non-hydrogen) atoms. The molecule has 4 heteroatoms. The van der Waals surface area contributed by atoms with Crippen LogP contribution in [-0.2, 0) is 0 Å². The van der Waals surface area contributed by atoms with Crippen molar-refractivity contribution < 1.29 is 4.79 Å². The summed E-state index contributed by atoms with van der Waals surface area (Å²) in [6.45, 7) is 0. The third-order valence-electron chi connectivity index (χ3n) is 0.868. The predicted molar refractivity (Wildman–Crippen MR) is 46.8 cm³/mol. The smallest absolute Gasteiger partial charge is 0.162 e. The fraction of sp³-hybridized carbons (Fsp3) is 0. The van der Waals surface area contributed by atoms with Gasteiger partial charge < -0.3 is 5.73 Å². The summed E-state index contributed by atoms with van der Waals surface area (Å²) < 4.78 is 1.05. The first-order valence-electron chi connectivity index (χ1n) is 2.24. The lowest BCUT2D eigenvalue weighted by atomic mass is 10.4. The molecule has 0 aliphatic heterocycles. The summed E-state index contributed by atoms with van der Waals surface area (Å²) in [5.74, 6) is 0. The second kappa shape index (κ2) is 2.66. The minimum absolute atomic E-state index is 0.583. The molecule has 2 nitrogen and oxygen atoms in total. The number of anilines is 1. The Bertz CT molecular complexity index is 233. The number of aldehydes is 1. The normalized spacial score (nSPS) is 9.44. The fourth-order valence-electron chi connectivity index (χ4n) is 0.479. The Kier molecular flexibility index (Phi) is 2.07. The third kappa shape index (κ3) is 1.42. The van der Waals surface area contributed by atoms with E-state index in [0.717, 1.165) is 9.17 Å². The molecule has 1 heterocycles. The molecule has 0 bridgehead atoms. The number of thiophene rings is 1. The first-order chi connectivity index (χ1) is 4.24. The summed E-state index contributed by atoms with van der Waals surface area (Å²) in [5, 5.41) is 0. The average Bonchev–Trinajstić information content (AvgIpc) is 2.10. The Hall–Kier alpha value is -0.100. The second-order valence-corrected chi connectivity index (χ2v) is 4.47. The number of halogens is 1. The molecule has 0 saturated carbocycles. The topological polar surface area (TPSA) is 43.1 Å². The summed E-state index contributed by atoms with van der Waals surface area (Å²) in [6.07, 6.45) is 0.780. The van der Waals surface area contributed by atoms with E-state index in [0.29, 0.717) is 10.6 Å². The maximum atomic E-state index is 10.2. The third-order valence-corrected chi connectivity index (χ3v) is 2.70. The first-order valence-corrected chi connectivity index (χ1v) is 4.13. The molecule has 0 saturated heterocycles. The highest BCUT2D eigenvalue weighted by Gasteiger charge is 2.00. The van der Waals surface area contributed by atoms with E-state index < -0.39 is 0 Å². The van der Waals surface area contributed by atoms with Crippen LogP contribution in [0.2, 0.25) is 0 Å². The molecule has 48 valence electrons. The molecule has 0 amide bonds. The van der Waals surface area contributed by atoms with E-state index in [1.54, 1.807) is 6.07 Å². The predicted octanol–water partition coefficient (Wildman–Crippen LogP) is 1.75. The highest BCUT2D eigenvalue weighted by molar-refractivity contribution is 14.1. The van der Waals surface area contributed by atoms with Gasteiger partial charge >= 0.3 is 0 Å². The molecule has 0 radical (unpaired) electrons. The van der Waals surface area contributed by atoms with Crippen LogP contribution >= 0.6 is 33.9 Å². The molecule has 0 atom stereocenters. The molecule has 0 aromatic carbocycles. The molecule has 2 N–H and O–H groups in total. The summed E-state index contributed by atoms with van der Waals surface area (Å²) in [5.41, 5.74) is 6.01. The van der Waals surface area contributed by atoms with Crippen molar-refractivity contribution in [3.8, 4) is 0 Å². The SMILES string of the molecule is Nc1cc(I)sc1C=O. The van der Waals surface area contributed by atoms with Gasteiger partial charge in [-0.1, -0.05) is 0 Å². The lowest BCUT2D eigenvalue weighted by Crippen LogP contribution is -1.83. The number of nitrogen functional groups attached to an aromatic ring is 1.